The molecule has 0 radical (unpaired) electrons. The minimum Gasteiger partial charge on any atom is -0.274 e. The van der Waals surface area contributed by atoms with Crippen LogP contribution in [0, 0.1) is 19.7 Å². The summed E-state index contributed by atoms with van der Waals surface area (Å²) in [5.41, 5.74) is 4.65. The zero-order chi connectivity index (χ0) is 22.9. The number of fused-ring (bicyclic) bond motifs is 1. The molecular weight excluding hydrogens is 453 g/mol. The van der Waals surface area contributed by atoms with Crippen molar-refractivity contribution in [2.75, 3.05) is 4.90 Å². The van der Waals surface area contributed by atoms with Gasteiger partial charge in [0.2, 0.25) is 5.91 Å². The standard InChI is InChI=1S/C26H20FN3OS2/c1-16-6-5-7-18(12-16)25-28-19(15-32-25)13-24(31)30(20-11-10-17(2)21(27)14-20)26-29-22-8-3-4-9-23(22)33-26/h3-12,14-15H,13H2,1-2H3. The molecule has 164 valence electrons. The van der Waals surface area contributed by atoms with Crippen molar-refractivity contribution in [2.24, 2.45) is 0 Å². The lowest BCUT2D eigenvalue weighted by molar-refractivity contribution is -0.117. The fourth-order valence-electron chi connectivity index (χ4n) is 3.57. The summed E-state index contributed by atoms with van der Waals surface area (Å²) in [7, 11) is 0. The Labute approximate surface area is 199 Å². The van der Waals surface area contributed by atoms with E-state index in [1.54, 1.807) is 19.1 Å². The van der Waals surface area contributed by atoms with Crippen molar-refractivity contribution >= 4 is 49.6 Å². The van der Waals surface area contributed by atoms with Crippen LogP contribution in [0.1, 0.15) is 16.8 Å². The van der Waals surface area contributed by atoms with Gasteiger partial charge in [-0.15, -0.1) is 11.3 Å². The number of thiazole rings is 2. The summed E-state index contributed by atoms with van der Waals surface area (Å²) in [6.07, 6.45) is 0.0910. The number of amides is 1. The van der Waals surface area contributed by atoms with Crippen LogP contribution in [-0.2, 0) is 11.2 Å². The van der Waals surface area contributed by atoms with Crippen molar-refractivity contribution in [1.29, 1.82) is 0 Å². The lowest BCUT2D eigenvalue weighted by Gasteiger charge is -2.20. The van der Waals surface area contributed by atoms with Crippen LogP contribution in [0.15, 0.2) is 72.1 Å². The van der Waals surface area contributed by atoms with Crippen LogP contribution < -0.4 is 4.90 Å². The van der Waals surface area contributed by atoms with E-state index in [0.717, 1.165) is 26.4 Å². The van der Waals surface area contributed by atoms with Gasteiger partial charge in [-0.05, 0) is 49.7 Å². The van der Waals surface area contributed by atoms with Gasteiger partial charge in [-0.2, -0.15) is 0 Å². The van der Waals surface area contributed by atoms with Crippen LogP contribution in [0.3, 0.4) is 0 Å². The van der Waals surface area contributed by atoms with E-state index in [4.69, 9.17) is 0 Å². The van der Waals surface area contributed by atoms with Gasteiger partial charge < -0.3 is 0 Å². The third-order valence-corrected chi connectivity index (χ3v) is 7.25. The highest BCUT2D eigenvalue weighted by Crippen LogP contribution is 2.35. The topological polar surface area (TPSA) is 46.1 Å². The number of anilines is 2. The Hall–Kier alpha value is -3.42. The molecule has 1 amide bonds. The Morgan fingerprint density at radius 3 is 2.64 bits per heavy atom. The number of nitrogens with zero attached hydrogens (tertiary/aromatic N) is 3. The molecule has 0 aliphatic heterocycles. The first-order valence-electron chi connectivity index (χ1n) is 10.4. The first kappa shape index (κ1) is 21.4. The molecule has 0 aliphatic carbocycles. The third-order valence-electron chi connectivity index (χ3n) is 5.29. The van der Waals surface area contributed by atoms with Crippen LogP contribution in [0.4, 0.5) is 15.2 Å². The number of carbonyl (C=O) groups excluding carboxylic acids is 1. The molecule has 0 N–H and O–H groups in total. The largest absolute Gasteiger partial charge is 0.274 e. The summed E-state index contributed by atoms with van der Waals surface area (Å²) in [6.45, 7) is 3.74. The Kier molecular flexibility index (Phi) is 5.74. The molecule has 5 rings (SSSR count). The fraction of sp³-hybridized carbons (Fsp3) is 0.115. The molecule has 7 heteroatoms. The van der Waals surface area contributed by atoms with Crippen molar-refractivity contribution in [3.63, 3.8) is 0 Å². The first-order chi connectivity index (χ1) is 16.0. The zero-order valence-electron chi connectivity index (χ0n) is 18.1. The highest BCUT2D eigenvalue weighted by atomic mass is 32.1. The number of para-hydroxylation sites is 1. The Balaban J connectivity index is 1.50. The van der Waals surface area contributed by atoms with E-state index in [1.807, 2.05) is 54.8 Å². The van der Waals surface area contributed by atoms with Gasteiger partial charge in [-0.25, -0.2) is 14.4 Å². The van der Waals surface area contributed by atoms with Crippen molar-refractivity contribution in [3.8, 4) is 10.6 Å². The molecule has 0 spiro atoms. The lowest BCUT2D eigenvalue weighted by atomic mass is 10.1. The van der Waals surface area contributed by atoms with E-state index < -0.39 is 0 Å². The highest BCUT2D eigenvalue weighted by Gasteiger charge is 2.24. The molecule has 0 bridgehead atoms. The monoisotopic (exact) mass is 473 g/mol. The number of hydrogen-bond donors (Lipinski definition) is 0. The Bertz CT molecular complexity index is 1440. The fourth-order valence-corrected chi connectivity index (χ4v) is 5.39. The number of carbonyl (C=O) groups is 1. The predicted octanol–water partition coefficient (Wildman–Crippen LogP) is 7.08. The van der Waals surface area contributed by atoms with E-state index in [9.17, 15) is 9.18 Å². The highest BCUT2D eigenvalue weighted by molar-refractivity contribution is 7.22. The quantitative estimate of drug-likeness (QED) is 0.274. The second-order valence-electron chi connectivity index (χ2n) is 7.82. The molecular formula is C26H20FN3OS2. The van der Waals surface area contributed by atoms with Gasteiger partial charge in [-0.3, -0.25) is 9.69 Å². The first-order valence-corrected chi connectivity index (χ1v) is 12.1. The number of aryl methyl sites for hydroxylation is 2. The number of hydrogen-bond acceptors (Lipinski definition) is 5. The van der Waals surface area contributed by atoms with E-state index in [0.29, 0.717) is 22.1 Å². The molecule has 0 atom stereocenters. The Morgan fingerprint density at radius 1 is 1.00 bits per heavy atom. The Morgan fingerprint density at radius 2 is 1.85 bits per heavy atom. The van der Waals surface area contributed by atoms with Gasteiger partial charge in [0.1, 0.15) is 10.8 Å². The van der Waals surface area contributed by atoms with Crippen LogP contribution in [0.5, 0.6) is 0 Å². The van der Waals surface area contributed by atoms with Gasteiger partial charge in [-0.1, -0.05) is 53.3 Å². The molecule has 3 aromatic carbocycles. The van der Waals surface area contributed by atoms with Crippen molar-refractivity contribution in [1.82, 2.24) is 9.97 Å². The molecule has 2 heterocycles. The molecule has 0 saturated carbocycles. The average Bonchev–Trinajstić information content (AvgIpc) is 3.43. The van der Waals surface area contributed by atoms with E-state index in [2.05, 4.69) is 16.0 Å². The normalized spacial score (nSPS) is 11.1. The molecule has 5 aromatic rings. The number of rotatable bonds is 5. The SMILES string of the molecule is Cc1cccc(-c2nc(CC(=O)N(c3ccc(C)c(F)c3)c3nc4ccccc4s3)cs2)c1. The number of benzene rings is 3. The third kappa shape index (κ3) is 4.42. The van der Waals surface area contributed by atoms with E-state index >= 15 is 0 Å². The summed E-state index contributed by atoms with van der Waals surface area (Å²) < 4.78 is 15.4. The van der Waals surface area contributed by atoms with E-state index in [-0.39, 0.29) is 18.1 Å². The zero-order valence-corrected chi connectivity index (χ0v) is 19.7. The summed E-state index contributed by atoms with van der Waals surface area (Å²) in [5.74, 6) is -0.569. The number of halogens is 1. The van der Waals surface area contributed by atoms with Crippen molar-refractivity contribution in [2.45, 2.75) is 20.3 Å². The summed E-state index contributed by atoms with van der Waals surface area (Å²) >= 11 is 2.92. The van der Waals surface area contributed by atoms with Gasteiger partial charge in [0.25, 0.3) is 0 Å². The van der Waals surface area contributed by atoms with Crippen molar-refractivity contribution < 1.29 is 9.18 Å². The molecule has 33 heavy (non-hydrogen) atoms. The predicted molar refractivity (Wildman–Crippen MR) is 134 cm³/mol. The van der Waals surface area contributed by atoms with Gasteiger partial charge in [0.05, 0.1) is 28.0 Å². The minimum atomic E-state index is -0.359. The smallest absolute Gasteiger partial charge is 0.239 e. The molecule has 0 aliphatic rings. The summed E-state index contributed by atoms with van der Waals surface area (Å²) in [4.78, 5) is 24.4. The maximum atomic E-state index is 14.4. The van der Waals surface area contributed by atoms with Crippen LogP contribution in [0.25, 0.3) is 20.8 Å². The van der Waals surface area contributed by atoms with Crippen LogP contribution in [0.2, 0.25) is 0 Å². The molecule has 2 aromatic heterocycles. The van der Waals surface area contributed by atoms with Crippen LogP contribution >= 0.6 is 22.7 Å². The van der Waals surface area contributed by atoms with Crippen LogP contribution in [-0.4, -0.2) is 15.9 Å². The molecule has 0 saturated heterocycles. The molecule has 0 unspecified atom stereocenters. The summed E-state index contributed by atoms with van der Waals surface area (Å²) in [6, 6.07) is 20.7. The van der Waals surface area contributed by atoms with Crippen molar-refractivity contribution in [3.05, 3.63) is 94.7 Å². The second kappa shape index (κ2) is 8.84. The van der Waals surface area contributed by atoms with Gasteiger partial charge in [0, 0.05) is 10.9 Å². The second-order valence-corrected chi connectivity index (χ2v) is 9.68. The number of aromatic nitrogens is 2. The summed E-state index contributed by atoms with van der Waals surface area (Å²) in [5, 5.41) is 3.29. The van der Waals surface area contributed by atoms with Gasteiger partial charge >= 0.3 is 0 Å². The molecule has 0 fully saturated rings. The minimum absolute atomic E-state index is 0.0910. The molecule has 4 nitrogen and oxygen atoms in total. The van der Waals surface area contributed by atoms with E-state index in [1.165, 1.54) is 33.6 Å². The average molecular weight is 474 g/mol. The maximum absolute atomic E-state index is 14.4. The lowest BCUT2D eigenvalue weighted by Crippen LogP contribution is -2.27. The van der Waals surface area contributed by atoms with Gasteiger partial charge in [0.15, 0.2) is 5.13 Å². The maximum Gasteiger partial charge on any atom is 0.239 e.